The van der Waals surface area contributed by atoms with Crippen molar-refractivity contribution < 1.29 is 0 Å². The molecule has 0 bridgehead atoms. The Kier molecular flexibility index (Phi) is 3.56. The van der Waals surface area contributed by atoms with E-state index in [9.17, 15) is 0 Å². The molecule has 0 radical (unpaired) electrons. The Bertz CT molecular complexity index is 448. The topological polar surface area (TPSA) is 48.5 Å². The van der Waals surface area contributed by atoms with Crippen LogP contribution in [0.5, 0.6) is 0 Å². The van der Waals surface area contributed by atoms with Crippen LogP contribution >= 0.6 is 11.6 Å². The molecule has 16 heavy (non-hydrogen) atoms. The summed E-state index contributed by atoms with van der Waals surface area (Å²) < 4.78 is 3.70. The number of halogens is 1. The highest BCUT2D eigenvalue weighted by Gasteiger charge is 2.02. The molecule has 0 N–H and O–H groups in total. The molecule has 0 fully saturated rings. The highest BCUT2D eigenvalue weighted by Crippen LogP contribution is 2.02. The molecule has 0 atom stereocenters. The Morgan fingerprint density at radius 2 is 2.19 bits per heavy atom. The second-order valence-corrected chi connectivity index (χ2v) is 3.93. The highest BCUT2D eigenvalue weighted by atomic mass is 35.5. The predicted octanol–water partition coefficient (Wildman–Crippen LogP) is 1.32. The zero-order valence-corrected chi connectivity index (χ0v) is 9.93. The Labute approximate surface area is 99.0 Å². The highest BCUT2D eigenvalue weighted by molar-refractivity contribution is 6.17. The first-order valence-electron chi connectivity index (χ1n) is 5.28. The van der Waals surface area contributed by atoms with Crippen molar-refractivity contribution >= 4 is 11.6 Å². The van der Waals surface area contributed by atoms with E-state index in [0.717, 1.165) is 24.2 Å². The predicted molar refractivity (Wildman–Crippen MR) is 61.4 cm³/mol. The van der Waals surface area contributed by atoms with Gasteiger partial charge in [-0.3, -0.25) is 4.68 Å². The van der Waals surface area contributed by atoms with Gasteiger partial charge in [0.25, 0.3) is 0 Å². The summed E-state index contributed by atoms with van der Waals surface area (Å²) in [6.45, 7) is 3.65. The molecule has 0 aliphatic rings. The minimum absolute atomic E-state index is 0.576. The first kappa shape index (κ1) is 11.1. The smallest absolute Gasteiger partial charge is 0.0839 e. The van der Waals surface area contributed by atoms with Crippen LogP contribution in [0.3, 0.4) is 0 Å². The van der Waals surface area contributed by atoms with Gasteiger partial charge in [-0.15, -0.1) is 16.7 Å². The summed E-state index contributed by atoms with van der Waals surface area (Å²) in [7, 11) is 0. The third kappa shape index (κ3) is 2.61. The lowest BCUT2D eigenvalue weighted by atomic mass is 10.3. The van der Waals surface area contributed by atoms with Crippen molar-refractivity contribution in [3.05, 3.63) is 29.8 Å². The summed E-state index contributed by atoms with van der Waals surface area (Å²) >= 11 is 5.64. The normalized spacial score (nSPS) is 10.9. The van der Waals surface area contributed by atoms with Gasteiger partial charge in [-0.25, -0.2) is 4.68 Å². The van der Waals surface area contributed by atoms with Crippen LogP contribution in [-0.2, 0) is 19.5 Å². The van der Waals surface area contributed by atoms with E-state index in [1.807, 2.05) is 23.3 Å². The fourth-order valence-corrected chi connectivity index (χ4v) is 1.67. The largest absolute Gasteiger partial charge is 0.273 e. The van der Waals surface area contributed by atoms with Crippen LogP contribution < -0.4 is 0 Å². The van der Waals surface area contributed by atoms with Crippen molar-refractivity contribution in [2.45, 2.75) is 26.4 Å². The Morgan fingerprint density at radius 1 is 1.31 bits per heavy atom. The number of aryl methyl sites for hydroxylation is 2. The van der Waals surface area contributed by atoms with Gasteiger partial charge >= 0.3 is 0 Å². The molecule has 0 amide bonds. The minimum atomic E-state index is 0.576. The Balaban J connectivity index is 2.02. The van der Waals surface area contributed by atoms with E-state index in [4.69, 9.17) is 11.6 Å². The van der Waals surface area contributed by atoms with Crippen LogP contribution in [-0.4, -0.2) is 30.7 Å². The van der Waals surface area contributed by atoms with Crippen molar-refractivity contribution in [3.63, 3.8) is 0 Å². The summed E-state index contributed by atoms with van der Waals surface area (Å²) in [6, 6.07) is 0. The SMILES string of the molecule is CCn1cc(Cn2cc(CCCl)nn2)cn1. The maximum Gasteiger partial charge on any atom is 0.0839 e. The summed E-state index contributed by atoms with van der Waals surface area (Å²) in [5.74, 6) is 0.576. The van der Waals surface area contributed by atoms with Gasteiger partial charge < -0.3 is 0 Å². The molecule has 0 spiro atoms. The van der Waals surface area contributed by atoms with Crippen LogP contribution in [0, 0.1) is 0 Å². The van der Waals surface area contributed by atoms with Gasteiger partial charge in [0.1, 0.15) is 0 Å². The van der Waals surface area contributed by atoms with Crippen LogP contribution in [0.1, 0.15) is 18.2 Å². The van der Waals surface area contributed by atoms with E-state index in [0.29, 0.717) is 12.4 Å². The molecular formula is C10H14ClN5. The second-order valence-electron chi connectivity index (χ2n) is 3.55. The average molecular weight is 240 g/mol. The number of rotatable bonds is 5. The Hall–Kier alpha value is -1.36. The molecule has 86 valence electrons. The molecular weight excluding hydrogens is 226 g/mol. The molecule has 0 aliphatic heterocycles. The van der Waals surface area contributed by atoms with Crippen LogP contribution in [0.4, 0.5) is 0 Å². The molecule has 0 aromatic carbocycles. The molecule has 2 rings (SSSR count). The van der Waals surface area contributed by atoms with Gasteiger partial charge in [0, 0.05) is 36.8 Å². The number of hydrogen-bond acceptors (Lipinski definition) is 3. The molecule has 0 saturated carbocycles. The first-order valence-corrected chi connectivity index (χ1v) is 5.81. The number of aromatic nitrogens is 5. The van der Waals surface area contributed by atoms with Crippen LogP contribution in [0.25, 0.3) is 0 Å². The molecule has 0 saturated heterocycles. The van der Waals surface area contributed by atoms with Gasteiger partial charge in [-0.05, 0) is 6.92 Å². The molecule has 6 heteroatoms. The lowest BCUT2D eigenvalue weighted by Crippen LogP contribution is -1.99. The molecule has 0 aliphatic carbocycles. The van der Waals surface area contributed by atoms with Gasteiger partial charge in [0.05, 0.1) is 18.4 Å². The zero-order valence-electron chi connectivity index (χ0n) is 9.17. The van der Waals surface area contributed by atoms with Crippen molar-refractivity contribution in [1.82, 2.24) is 24.8 Å². The van der Waals surface area contributed by atoms with Crippen LogP contribution in [0.15, 0.2) is 18.6 Å². The van der Waals surface area contributed by atoms with E-state index >= 15 is 0 Å². The standard InChI is InChI=1S/C10H14ClN5/c1-2-15-6-9(5-12-15)7-16-8-10(3-4-11)13-14-16/h5-6,8H,2-4,7H2,1H3. The monoisotopic (exact) mass is 239 g/mol. The maximum absolute atomic E-state index is 5.64. The lowest BCUT2D eigenvalue weighted by molar-refractivity contribution is 0.642. The Morgan fingerprint density at radius 3 is 2.88 bits per heavy atom. The second kappa shape index (κ2) is 5.12. The summed E-state index contributed by atoms with van der Waals surface area (Å²) in [5, 5.41) is 12.3. The minimum Gasteiger partial charge on any atom is -0.273 e. The van der Waals surface area contributed by atoms with E-state index in [1.165, 1.54) is 0 Å². The molecule has 2 heterocycles. The third-order valence-electron chi connectivity index (χ3n) is 2.29. The van der Waals surface area contributed by atoms with Gasteiger partial charge in [0.2, 0.25) is 0 Å². The molecule has 2 aromatic rings. The van der Waals surface area contributed by atoms with Crippen molar-refractivity contribution in [1.29, 1.82) is 0 Å². The van der Waals surface area contributed by atoms with Crippen molar-refractivity contribution in [3.8, 4) is 0 Å². The van der Waals surface area contributed by atoms with Crippen molar-refractivity contribution in [2.24, 2.45) is 0 Å². The maximum atomic E-state index is 5.64. The fourth-order valence-electron chi connectivity index (χ4n) is 1.48. The summed E-state index contributed by atoms with van der Waals surface area (Å²) in [5.41, 5.74) is 2.06. The molecule has 2 aromatic heterocycles. The number of hydrogen-bond donors (Lipinski definition) is 0. The number of alkyl halides is 1. The summed E-state index contributed by atoms with van der Waals surface area (Å²) in [6.07, 6.45) is 6.55. The van der Waals surface area contributed by atoms with Gasteiger partial charge in [-0.1, -0.05) is 5.21 Å². The van der Waals surface area contributed by atoms with Crippen LogP contribution in [0.2, 0.25) is 0 Å². The van der Waals surface area contributed by atoms with E-state index in [1.54, 1.807) is 4.68 Å². The molecule has 0 unspecified atom stereocenters. The van der Waals surface area contributed by atoms with Crippen molar-refractivity contribution in [2.75, 3.05) is 5.88 Å². The van der Waals surface area contributed by atoms with Gasteiger partial charge in [-0.2, -0.15) is 5.10 Å². The average Bonchev–Trinajstić information content (AvgIpc) is 2.89. The quantitative estimate of drug-likeness (QED) is 0.740. The van der Waals surface area contributed by atoms with E-state index < -0.39 is 0 Å². The lowest BCUT2D eigenvalue weighted by Gasteiger charge is -1.95. The number of nitrogens with zero attached hydrogens (tertiary/aromatic N) is 5. The first-order chi connectivity index (χ1) is 7.81. The van der Waals surface area contributed by atoms with E-state index in [-0.39, 0.29) is 0 Å². The summed E-state index contributed by atoms with van der Waals surface area (Å²) in [4.78, 5) is 0. The van der Waals surface area contributed by atoms with E-state index in [2.05, 4.69) is 22.3 Å². The third-order valence-corrected chi connectivity index (χ3v) is 2.48. The van der Waals surface area contributed by atoms with Gasteiger partial charge in [0.15, 0.2) is 0 Å². The zero-order chi connectivity index (χ0) is 11.4. The fraction of sp³-hybridized carbons (Fsp3) is 0.500. The molecule has 5 nitrogen and oxygen atoms in total.